The average molecular weight is 197 g/mol. The molecule has 2 saturated heterocycles. The molecule has 2 aliphatic heterocycles. The smallest absolute Gasteiger partial charge is 0.0905 e. The molecule has 0 aromatic heterocycles. The first-order chi connectivity index (χ1) is 6.74. The number of morpholine rings is 1. The van der Waals surface area contributed by atoms with Gasteiger partial charge in [0.1, 0.15) is 0 Å². The number of ether oxygens (including phenoxy) is 1. The Morgan fingerprint density at radius 1 is 1.36 bits per heavy atom. The Morgan fingerprint density at radius 3 is 2.57 bits per heavy atom. The number of amidine groups is 1. The van der Waals surface area contributed by atoms with Crippen molar-refractivity contribution in [2.24, 2.45) is 5.73 Å². The molecular formula is C10H19N3O. The molecule has 0 saturated carbocycles. The summed E-state index contributed by atoms with van der Waals surface area (Å²) in [5.41, 5.74) is 5.32. The van der Waals surface area contributed by atoms with E-state index in [9.17, 15) is 0 Å². The highest BCUT2D eigenvalue weighted by Gasteiger charge is 2.33. The van der Waals surface area contributed by atoms with Gasteiger partial charge < -0.3 is 10.5 Å². The summed E-state index contributed by atoms with van der Waals surface area (Å²) >= 11 is 0. The van der Waals surface area contributed by atoms with Crippen molar-refractivity contribution in [1.82, 2.24) is 4.90 Å². The van der Waals surface area contributed by atoms with Crippen LogP contribution in [0.4, 0.5) is 0 Å². The number of nitrogens with zero attached hydrogens (tertiary/aromatic N) is 1. The lowest BCUT2D eigenvalue weighted by Gasteiger charge is -2.31. The minimum Gasteiger partial charge on any atom is -0.388 e. The minimum absolute atomic E-state index is 0.307. The van der Waals surface area contributed by atoms with Crippen molar-refractivity contribution in [3.8, 4) is 0 Å². The van der Waals surface area contributed by atoms with E-state index >= 15 is 0 Å². The van der Waals surface area contributed by atoms with Gasteiger partial charge in [0.05, 0.1) is 18.0 Å². The molecule has 0 aliphatic carbocycles. The zero-order chi connectivity index (χ0) is 9.97. The van der Waals surface area contributed by atoms with Gasteiger partial charge in [-0.25, -0.2) is 0 Å². The van der Waals surface area contributed by atoms with Crippen LogP contribution in [0.25, 0.3) is 0 Å². The first-order valence-corrected chi connectivity index (χ1v) is 5.45. The normalized spacial score (nSPS) is 32.0. The Labute approximate surface area is 84.9 Å². The lowest BCUT2D eigenvalue weighted by molar-refractivity contribution is -0.0382. The van der Waals surface area contributed by atoms with Crippen LogP contribution in [0.2, 0.25) is 0 Å². The monoisotopic (exact) mass is 197 g/mol. The third-order valence-corrected chi connectivity index (χ3v) is 3.04. The summed E-state index contributed by atoms with van der Waals surface area (Å²) in [7, 11) is 0. The number of likely N-dealkylation sites (tertiary alicyclic amines) is 1. The summed E-state index contributed by atoms with van der Waals surface area (Å²) in [6.45, 7) is 3.22. The molecule has 0 aromatic rings. The topological polar surface area (TPSA) is 62.3 Å². The molecule has 4 nitrogen and oxygen atoms in total. The maximum atomic E-state index is 7.14. The van der Waals surface area contributed by atoms with Crippen LogP contribution in [0.3, 0.4) is 0 Å². The van der Waals surface area contributed by atoms with Crippen LogP contribution in [0, 0.1) is 5.41 Å². The Balaban J connectivity index is 1.69. The van der Waals surface area contributed by atoms with Crippen LogP contribution in [0.15, 0.2) is 0 Å². The van der Waals surface area contributed by atoms with E-state index in [-0.39, 0.29) is 0 Å². The van der Waals surface area contributed by atoms with Crippen molar-refractivity contribution in [3.05, 3.63) is 0 Å². The van der Waals surface area contributed by atoms with Gasteiger partial charge >= 0.3 is 0 Å². The van der Waals surface area contributed by atoms with Crippen molar-refractivity contribution < 1.29 is 4.74 Å². The number of fused-ring (bicyclic) bond motifs is 2. The van der Waals surface area contributed by atoms with Crippen molar-refractivity contribution in [1.29, 1.82) is 5.41 Å². The molecule has 2 unspecified atom stereocenters. The fourth-order valence-electron chi connectivity index (χ4n) is 2.37. The fourth-order valence-corrected chi connectivity index (χ4v) is 2.37. The molecule has 14 heavy (non-hydrogen) atoms. The van der Waals surface area contributed by atoms with Gasteiger partial charge in [-0.15, -0.1) is 0 Å². The molecule has 2 bridgehead atoms. The second-order valence-electron chi connectivity index (χ2n) is 4.35. The van der Waals surface area contributed by atoms with E-state index in [2.05, 4.69) is 4.90 Å². The maximum absolute atomic E-state index is 7.14. The van der Waals surface area contributed by atoms with Crippen LogP contribution in [-0.4, -0.2) is 42.6 Å². The van der Waals surface area contributed by atoms with E-state index in [0.717, 1.165) is 32.5 Å². The Hall–Kier alpha value is -0.610. The maximum Gasteiger partial charge on any atom is 0.0905 e. The molecule has 2 fully saturated rings. The van der Waals surface area contributed by atoms with Gasteiger partial charge in [0.2, 0.25) is 0 Å². The van der Waals surface area contributed by atoms with Gasteiger partial charge in [0.15, 0.2) is 0 Å². The minimum atomic E-state index is 0.307. The Kier molecular flexibility index (Phi) is 3.03. The Bertz CT molecular complexity index is 207. The van der Waals surface area contributed by atoms with E-state index < -0.39 is 0 Å². The average Bonchev–Trinajstić information content (AvgIpc) is 2.45. The lowest BCUT2D eigenvalue weighted by atomic mass is 10.2. The van der Waals surface area contributed by atoms with Gasteiger partial charge in [-0.2, -0.15) is 0 Å². The fraction of sp³-hybridized carbons (Fsp3) is 0.900. The van der Waals surface area contributed by atoms with Gasteiger partial charge in [-0.3, -0.25) is 10.3 Å². The summed E-state index contributed by atoms with van der Waals surface area (Å²) in [6, 6.07) is 0. The molecule has 2 atom stereocenters. The van der Waals surface area contributed by atoms with Crippen LogP contribution >= 0.6 is 0 Å². The second-order valence-corrected chi connectivity index (χ2v) is 4.35. The molecular weight excluding hydrogens is 178 g/mol. The van der Waals surface area contributed by atoms with Crippen molar-refractivity contribution in [2.45, 2.75) is 37.9 Å². The highest BCUT2D eigenvalue weighted by atomic mass is 16.5. The van der Waals surface area contributed by atoms with Crippen LogP contribution in [-0.2, 0) is 4.74 Å². The highest BCUT2D eigenvalue weighted by Crippen LogP contribution is 2.26. The second kappa shape index (κ2) is 4.28. The summed E-state index contributed by atoms with van der Waals surface area (Å²) in [6.07, 6.45) is 5.15. The number of hydrogen-bond donors (Lipinski definition) is 2. The van der Waals surface area contributed by atoms with Gasteiger partial charge in [0.25, 0.3) is 0 Å². The van der Waals surface area contributed by atoms with Gasteiger partial charge in [-0.05, 0) is 25.8 Å². The number of hydrogen-bond acceptors (Lipinski definition) is 3. The molecule has 2 heterocycles. The molecule has 4 heteroatoms. The number of nitrogens with two attached hydrogens (primary N) is 1. The SMILES string of the molecule is N=C(N)CCCN1CC2CCC(C1)O2. The van der Waals surface area contributed by atoms with E-state index in [1.165, 1.54) is 12.8 Å². The van der Waals surface area contributed by atoms with Crippen molar-refractivity contribution in [2.75, 3.05) is 19.6 Å². The van der Waals surface area contributed by atoms with Crippen LogP contribution in [0.1, 0.15) is 25.7 Å². The zero-order valence-electron chi connectivity index (χ0n) is 8.54. The molecule has 3 N–H and O–H groups in total. The first kappa shape index (κ1) is 9.93. The van der Waals surface area contributed by atoms with Crippen LogP contribution in [0.5, 0.6) is 0 Å². The van der Waals surface area contributed by atoms with Crippen molar-refractivity contribution >= 4 is 5.84 Å². The van der Waals surface area contributed by atoms with E-state index in [1.807, 2.05) is 0 Å². The molecule has 2 aliphatic rings. The van der Waals surface area contributed by atoms with E-state index in [1.54, 1.807) is 0 Å². The van der Waals surface area contributed by atoms with Crippen LogP contribution < -0.4 is 5.73 Å². The third-order valence-electron chi connectivity index (χ3n) is 3.04. The highest BCUT2D eigenvalue weighted by molar-refractivity contribution is 5.76. The standard InChI is InChI=1S/C10H19N3O/c11-10(12)2-1-5-13-6-8-3-4-9(7-13)14-8/h8-9H,1-7H2,(H3,11,12). The molecule has 0 radical (unpaired) electrons. The van der Waals surface area contributed by atoms with E-state index in [4.69, 9.17) is 15.9 Å². The Morgan fingerprint density at radius 2 is 2.00 bits per heavy atom. The first-order valence-electron chi connectivity index (χ1n) is 5.45. The van der Waals surface area contributed by atoms with E-state index in [0.29, 0.717) is 18.0 Å². The predicted octanol–water partition coefficient (Wildman–Crippen LogP) is 0.566. The molecule has 0 spiro atoms. The zero-order valence-corrected chi connectivity index (χ0v) is 8.54. The largest absolute Gasteiger partial charge is 0.388 e. The van der Waals surface area contributed by atoms with Gasteiger partial charge in [-0.1, -0.05) is 0 Å². The lowest BCUT2D eigenvalue weighted by Crippen LogP contribution is -2.43. The third kappa shape index (κ3) is 2.45. The predicted molar refractivity (Wildman–Crippen MR) is 55.5 cm³/mol. The summed E-state index contributed by atoms with van der Waals surface area (Å²) < 4.78 is 5.75. The molecule has 0 aromatic carbocycles. The number of nitrogens with one attached hydrogen (secondary N) is 1. The summed E-state index contributed by atoms with van der Waals surface area (Å²) in [5.74, 6) is 0.307. The number of rotatable bonds is 4. The summed E-state index contributed by atoms with van der Waals surface area (Å²) in [4.78, 5) is 2.45. The van der Waals surface area contributed by atoms with Gasteiger partial charge in [0, 0.05) is 19.5 Å². The summed E-state index contributed by atoms with van der Waals surface area (Å²) in [5, 5.41) is 7.14. The molecule has 2 rings (SSSR count). The molecule has 80 valence electrons. The quantitative estimate of drug-likeness (QED) is 0.511. The van der Waals surface area contributed by atoms with Crippen molar-refractivity contribution in [3.63, 3.8) is 0 Å². The molecule has 0 amide bonds.